The molecule has 1 atom stereocenters. The third-order valence-corrected chi connectivity index (χ3v) is 3.56. The maximum Gasteiger partial charge on any atom is 0.253 e. The largest absolute Gasteiger partial charge is 0.370 e. The first-order valence-corrected chi connectivity index (χ1v) is 8.02. The number of carbonyl (C=O) groups is 1. The molecule has 0 aliphatic carbocycles. The van der Waals surface area contributed by atoms with Gasteiger partial charge in [-0.05, 0) is 32.3 Å². The lowest BCUT2D eigenvalue weighted by atomic mass is 10.0. The number of halogens is 1. The van der Waals surface area contributed by atoms with Crippen LogP contribution in [0.1, 0.15) is 57.3 Å². The van der Waals surface area contributed by atoms with Gasteiger partial charge in [0.05, 0.1) is 10.6 Å². The number of hydrogen-bond donors (Lipinski definition) is 2. The number of pyridine rings is 1. The van der Waals surface area contributed by atoms with Crippen molar-refractivity contribution in [3.05, 3.63) is 22.8 Å². The predicted octanol–water partition coefficient (Wildman–Crippen LogP) is 4.11. The van der Waals surface area contributed by atoms with Crippen LogP contribution in [0.5, 0.6) is 0 Å². The Kier molecular flexibility index (Phi) is 7.51. The van der Waals surface area contributed by atoms with Crippen molar-refractivity contribution in [2.45, 2.75) is 53.0 Å². The fourth-order valence-corrected chi connectivity index (χ4v) is 2.29. The van der Waals surface area contributed by atoms with Crippen LogP contribution < -0.4 is 10.6 Å². The van der Waals surface area contributed by atoms with Gasteiger partial charge in [0.25, 0.3) is 5.91 Å². The van der Waals surface area contributed by atoms with Crippen molar-refractivity contribution in [3.63, 3.8) is 0 Å². The monoisotopic (exact) mass is 311 g/mol. The average molecular weight is 312 g/mol. The average Bonchev–Trinajstić information content (AvgIpc) is 2.40. The first-order valence-electron chi connectivity index (χ1n) is 7.64. The van der Waals surface area contributed by atoms with Gasteiger partial charge in [-0.25, -0.2) is 4.98 Å². The standard InChI is InChI=1S/C16H26ClN3O/c1-5-18-15-9-13(14(17)10-19-15)16(21)20-12(4)8-6-7-11(2)3/h9-12H,5-8H2,1-4H3,(H,18,19)(H,20,21). The summed E-state index contributed by atoms with van der Waals surface area (Å²) in [5.74, 6) is 1.23. The van der Waals surface area contributed by atoms with Gasteiger partial charge in [0.15, 0.2) is 0 Å². The van der Waals surface area contributed by atoms with E-state index in [1.807, 2.05) is 13.8 Å². The van der Waals surface area contributed by atoms with Crippen molar-refractivity contribution in [1.29, 1.82) is 0 Å². The van der Waals surface area contributed by atoms with E-state index in [0.717, 1.165) is 19.4 Å². The number of rotatable bonds is 8. The molecule has 21 heavy (non-hydrogen) atoms. The summed E-state index contributed by atoms with van der Waals surface area (Å²) in [7, 11) is 0. The van der Waals surface area contributed by atoms with Gasteiger partial charge in [0, 0.05) is 18.8 Å². The SMILES string of the molecule is CCNc1cc(C(=O)NC(C)CCCC(C)C)c(Cl)cn1. The Hall–Kier alpha value is -1.29. The number of hydrogen-bond acceptors (Lipinski definition) is 3. The van der Waals surface area contributed by atoms with Gasteiger partial charge < -0.3 is 10.6 Å². The molecule has 1 unspecified atom stereocenters. The minimum absolute atomic E-state index is 0.140. The van der Waals surface area contributed by atoms with Crippen molar-refractivity contribution in [2.75, 3.05) is 11.9 Å². The zero-order valence-corrected chi connectivity index (χ0v) is 14.1. The number of anilines is 1. The first kappa shape index (κ1) is 17.8. The van der Waals surface area contributed by atoms with Crippen LogP contribution in [-0.2, 0) is 0 Å². The van der Waals surface area contributed by atoms with E-state index in [-0.39, 0.29) is 11.9 Å². The van der Waals surface area contributed by atoms with E-state index < -0.39 is 0 Å². The van der Waals surface area contributed by atoms with Gasteiger partial charge in [-0.15, -0.1) is 0 Å². The van der Waals surface area contributed by atoms with E-state index in [0.29, 0.717) is 22.3 Å². The molecular weight excluding hydrogens is 286 g/mol. The second-order valence-corrected chi connectivity index (χ2v) is 6.19. The highest BCUT2D eigenvalue weighted by molar-refractivity contribution is 6.33. The van der Waals surface area contributed by atoms with Gasteiger partial charge in [-0.2, -0.15) is 0 Å². The van der Waals surface area contributed by atoms with Crippen LogP contribution in [0.2, 0.25) is 5.02 Å². The van der Waals surface area contributed by atoms with Crippen LogP contribution in [0.4, 0.5) is 5.82 Å². The normalized spacial score (nSPS) is 12.3. The van der Waals surface area contributed by atoms with E-state index in [9.17, 15) is 4.79 Å². The number of amides is 1. The molecule has 0 bridgehead atoms. The summed E-state index contributed by atoms with van der Waals surface area (Å²) in [6.45, 7) is 9.18. The Balaban J connectivity index is 2.60. The van der Waals surface area contributed by atoms with Crippen LogP contribution in [0.15, 0.2) is 12.3 Å². The molecule has 0 aliphatic rings. The molecule has 1 rings (SSSR count). The molecule has 1 aromatic heterocycles. The summed E-state index contributed by atoms with van der Waals surface area (Å²) in [6, 6.07) is 1.84. The second kappa shape index (κ2) is 8.88. The topological polar surface area (TPSA) is 54.0 Å². The molecule has 0 saturated carbocycles. The Bertz CT molecular complexity index is 463. The third kappa shape index (κ3) is 6.34. The minimum Gasteiger partial charge on any atom is -0.370 e. The lowest BCUT2D eigenvalue weighted by Gasteiger charge is -2.15. The highest BCUT2D eigenvalue weighted by Crippen LogP contribution is 2.18. The number of nitrogens with one attached hydrogen (secondary N) is 2. The molecule has 1 amide bonds. The zero-order chi connectivity index (χ0) is 15.8. The van der Waals surface area contributed by atoms with Crippen LogP contribution in [0.25, 0.3) is 0 Å². The summed E-state index contributed by atoms with van der Waals surface area (Å²) in [5, 5.41) is 6.46. The van der Waals surface area contributed by atoms with Crippen molar-refractivity contribution in [2.24, 2.45) is 5.92 Å². The van der Waals surface area contributed by atoms with Crippen LogP contribution in [0.3, 0.4) is 0 Å². The van der Waals surface area contributed by atoms with Crippen LogP contribution >= 0.6 is 11.6 Å². The summed E-state index contributed by atoms with van der Waals surface area (Å²) < 4.78 is 0. The van der Waals surface area contributed by atoms with E-state index in [4.69, 9.17) is 11.6 Å². The van der Waals surface area contributed by atoms with Crippen molar-refractivity contribution < 1.29 is 4.79 Å². The molecule has 0 spiro atoms. The molecule has 0 radical (unpaired) electrons. The smallest absolute Gasteiger partial charge is 0.253 e. The van der Waals surface area contributed by atoms with Gasteiger partial charge in [-0.3, -0.25) is 4.79 Å². The molecule has 4 nitrogen and oxygen atoms in total. The van der Waals surface area contributed by atoms with E-state index in [1.165, 1.54) is 12.6 Å². The van der Waals surface area contributed by atoms with Gasteiger partial charge in [0.2, 0.25) is 0 Å². The summed E-state index contributed by atoms with van der Waals surface area (Å²) in [5.41, 5.74) is 0.471. The molecule has 1 aromatic rings. The van der Waals surface area contributed by atoms with Crippen LogP contribution in [0, 0.1) is 5.92 Å². The van der Waals surface area contributed by atoms with E-state index >= 15 is 0 Å². The Morgan fingerprint density at radius 3 is 2.67 bits per heavy atom. The lowest BCUT2D eigenvalue weighted by molar-refractivity contribution is 0.0938. The number of nitrogens with zero attached hydrogens (tertiary/aromatic N) is 1. The summed E-state index contributed by atoms with van der Waals surface area (Å²) in [6.07, 6.45) is 4.79. The van der Waals surface area contributed by atoms with Gasteiger partial charge >= 0.3 is 0 Å². The van der Waals surface area contributed by atoms with Crippen molar-refractivity contribution in [1.82, 2.24) is 10.3 Å². The lowest BCUT2D eigenvalue weighted by Crippen LogP contribution is -2.32. The summed E-state index contributed by atoms with van der Waals surface area (Å²) in [4.78, 5) is 16.4. The zero-order valence-electron chi connectivity index (χ0n) is 13.4. The van der Waals surface area contributed by atoms with Crippen LogP contribution in [-0.4, -0.2) is 23.5 Å². The Morgan fingerprint density at radius 2 is 2.05 bits per heavy atom. The molecule has 2 N–H and O–H groups in total. The molecule has 0 aliphatic heterocycles. The third-order valence-electron chi connectivity index (χ3n) is 3.25. The Labute approximate surface area is 132 Å². The fourth-order valence-electron chi connectivity index (χ4n) is 2.10. The van der Waals surface area contributed by atoms with E-state index in [2.05, 4.69) is 29.5 Å². The minimum atomic E-state index is -0.140. The first-order chi connectivity index (χ1) is 9.93. The molecule has 5 heteroatoms. The van der Waals surface area contributed by atoms with E-state index in [1.54, 1.807) is 6.07 Å². The second-order valence-electron chi connectivity index (χ2n) is 5.78. The Morgan fingerprint density at radius 1 is 1.33 bits per heavy atom. The maximum atomic E-state index is 12.3. The molecule has 0 fully saturated rings. The quantitative estimate of drug-likeness (QED) is 0.759. The summed E-state index contributed by atoms with van der Waals surface area (Å²) >= 11 is 6.07. The highest BCUT2D eigenvalue weighted by atomic mass is 35.5. The van der Waals surface area contributed by atoms with Crippen molar-refractivity contribution >= 4 is 23.3 Å². The highest BCUT2D eigenvalue weighted by Gasteiger charge is 2.14. The van der Waals surface area contributed by atoms with Gasteiger partial charge in [-0.1, -0.05) is 38.3 Å². The van der Waals surface area contributed by atoms with Gasteiger partial charge in [0.1, 0.15) is 5.82 Å². The number of aromatic nitrogens is 1. The molecule has 1 heterocycles. The number of carbonyl (C=O) groups excluding carboxylic acids is 1. The predicted molar refractivity (Wildman–Crippen MR) is 89.0 cm³/mol. The molecule has 118 valence electrons. The fraction of sp³-hybridized carbons (Fsp3) is 0.625. The molecule has 0 aromatic carbocycles. The maximum absolute atomic E-state index is 12.3. The molecular formula is C16H26ClN3O. The van der Waals surface area contributed by atoms with Crippen molar-refractivity contribution in [3.8, 4) is 0 Å². The molecule has 0 saturated heterocycles.